The molecule has 0 bridgehead atoms. The summed E-state index contributed by atoms with van der Waals surface area (Å²) in [5.41, 5.74) is 0.583. The molecule has 0 saturated carbocycles. The first kappa shape index (κ1) is 25.2. The van der Waals surface area contributed by atoms with E-state index >= 15 is 0 Å². The Balaban J connectivity index is 1.70. The third-order valence-corrected chi connectivity index (χ3v) is 8.00. The lowest BCUT2D eigenvalue weighted by Crippen LogP contribution is -2.42. The highest BCUT2D eigenvalue weighted by Gasteiger charge is 2.40. The molecule has 3 N–H and O–H groups in total. The number of benzene rings is 2. The van der Waals surface area contributed by atoms with Crippen LogP contribution >= 0.6 is 11.3 Å². The Kier molecular flexibility index (Phi) is 6.97. The Bertz CT molecular complexity index is 1510. The second-order valence-electron chi connectivity index (χ2n) is 7.97. The Morgan fingerprint density at radius 1 is 1.00 bits per heavy atom. The number of aromatic nitrogens is 2. The van der Waals surface area contributed by atoms with Crippen LogP contribution in [0.1, 0.15) is 28.5 Å². The second-order valence-corrected chi connectivity index (χ2v) is 10.7. The van der Waals surface area contributed by atoms with Crippen LogP contribution in [0.2, 0.25) is 0 Å². The van der Waals surface area contributed by atoms with E-state index < -0.39 is 27.5 Å². The molecule has 1 atom stereocenters. The number of hydrogen-bond donors (Lipinski definition) is 2. The van der Waals surface area contributed by atoms with Crippen molar-refractivity contribution in [3.8, 4) is 11.3 Å². The van der Waals surface area contributed by atoms with Crippen LogP contribution in [-0.2, 0) is 25.2 Å². The van der Waals surface area contributed by atoms with Crippen molar-refractivity contribution in [2.24, 2.45) is 5.14 Å². The molecular weight excluding hydrogens is 500 g/mol. The minimum absolute atomic E-state index is 0.00798. The van der Waals surface area contributed by atoms with Crippen LogP contribution in [0.3, 0.4) is 0 Å². The number of nitrogens with two attached hydrogens (primary N) is 1. The Hall–Kier alpha value is -3.93. The van der Waals surface area contributed by atoms with Gasteiger partial charge in [0.2, 0.25) is 15.6 Å². The van der Waals surface area contributed by atoms with Crippen LogP contribution < -0.4 is 10.5 Å². The van der Waals surface area contributed by atoms with E-state index in [4.69, 9.17) is 9.88 Å². The number of amides is 1. The molecule has 0 saturated heterocycles. The smallest absolute Gasteiger partial charge is 0.339 e. The van der Waals surface area contributed by atoms with Gasteiger partial charge < -0.3 is 4.74 Å². The number of nitrogens with zero attached hydrogens (tertiary/aromatic N) is 2. The van der Waals surface area contributed by atoms with Crippen LogP contribution in [0.4, 0.5) is 5.13 Å². The number of ether oxygens (including phenoxy) is 1. The van der Waals surface area contributed by atoms with Crippen LogP contribution in [0.25, 0.3) is 11.3 Å². The van der Waals surface area contributed by atoms with Crippen molar-refractivity contribution >= 4 is 38.4 Å². The number of sulfonamides is 1. The Morgan fingerprint density at radius 2 is 1.67 bits per heavy atom. The summed E-state index contributed by atoms with van der Waals surface area (Å²) in [5.74, 6) is -1.42. The van der Waals surface area contributed by atoms with Gasteiger partial charge >= 0.3 is 5.97 Å². The number of carbonyl (C=O) groups excluding carboxylic acids is 2. The van der Waals surface area contributed by atoms with Crippen molar-refractivity contribution < 1.29 is 22.7 Å². The molecule has 36 heavy (non-hydrogen) atoms. The van der Waals surface area contributed by atoms with Gasteiger partial charge in [-0.05, 0) is 38.1 Å². The normalized spacial score (nSPS) is 13.0. The van der Waals surface area contributed by atoms with Gasteiger partial charge in [0, 0.05) is 17.3 Å². The van der Waals surface area contributed by atoms with Crippen LogP contribution in [0, 0.1) is 6.92 Å². The number of esters is 1. The third-order valence-electron chi connectivity index (χ3n) is 5.37. The predicted octanol–water partition coefficient (Wildman–Crippen LogP) is 3.87. The van der Waals surface area contributed by atoms with Crippen molar-refractivity contribution in [1.82, 2.24) is 9.97 Å². The zero-order chi connectivity index (χ0) is 25.9. The Morgan fingerprint density at radius 3 is 2.25 bits per heavy atom. The average molecular weight is 523 g/mol. The predicted molar refractivity (Wildman–Crippen MR) is 136 cm³/mol. The fourth-order valence-corrected chi connectivity index (χ4v) is 5.32. The summed E-state index contributed by atoms with van der Waals surface area (Å²) in [7, 11) is -4.01. The first-order chi connectivity index (χ1) is 17.1. The molecule has 0 aliphatic carbocycles. The maximum Gasteiger partial charge on any atom is 0.339 e. The first-order valence-electron chi connectivity index (χ1n) is 10.7. The molecule has 0 aliphatic rings. The third kappa shape index (κ3) is 5.33. The second kappa shape index (κ2) is 9.97. The number of pyridine rings is 1. The first-order valence-corrected chi connectivity index (χ1v) is 13.1. The lowest BCUT2D eigenvalue weighted by Gasteiger charge is -2.28. The summed E-state index contributed by atoms with van der Waals surface area (Å²) in [6.45, 7) is 2.93. The van der Waals surface area contributed by atoms with Gasteiger partial charge in [0.1, 0.15) is 0 Å². The topological polar surface area (TPSA) is 141 Å². The van der Waals surface area contributed by atoms with E-state index in [0.29, 0.717) is 16.9 Å². The molecule has 184 valence electrons. The minimum Gasteiger partial charge on any atom is -0.441 e. The van der Waals surface area contributed by atoms with Crippen molar-refractivity contribution in [3.05, 3.63) is 95.8 Å². The SMILES string of the molecule is Cc1nc(NC(=O)C(C)(OC(=O)c2ccccc2)c2ccc(-c3ccccn3)cc2)sc1S(N)(=O)=O. The van der Waals surface area contributed by atoms with Crippen molar-refractivity contribution in [2.75, 3.05) is 5.32 Å². The van der Waals surface area contributed by atoms with Gasteiger partial charge in [-0.25, -0.2) is 23.3 Å². The number of thiazole rings is 1. The Labute approximate surface area is 212 Å². The fourth-order valence-electron chi connectivity index (χ4n) is 3.46. The van der Waals surface area contributed by atoms with Crippen molar-refractivity contribution in [3.63, 3.8) is 0 Å². The molecule has 4 aromatic rings. The summed E-state index contributed by atoms with van der Waals surface area (Å²) in [6.07, 6.45) is 1.67. The molecule has 11 heteroatoms. The molecule has 0 radical (unpaired) electrons. The summed E-state index contributed by atoms with van der Waals surface area (Å²) in [5, 5.41) is 7.81. The van der Waals surface area contributed by atoms with Crippen LogP contribution in [-0.4, -0.2) is 30.3 Å². The van der Waals surface area contributed by atoms with Gasteiger partial charge in [-0.1, -0.05) is 59.9 Å². The summed E-state index contributed by atoms with van der Waals surface area (Å²) < 4.78 is 29.2. The number of primary sulfonamides is 1. The minimum atomic E-state index is -4.01. The van der Waals surface area contributed by atoms with E-state index in [1.807, 2.05) is 18.2 Å². The number of aryl methyl sites for hydroxylation is 1. The number of carbonyl (C=O) groups is 2. The fraction of sp³-hybridized carbons (Fsp3) is 0.120. The quantitative estimate of drug-likeness (QED) is 0.351. The van der Waals surface area contributed by atoms with E-state index in [-0.39, 0.29) is 20.6 Å². The number of rotatable bonds is 7. The molecule has 2 aromatic carbocycles. The van der Waals surface area contributed by atoms with E-state index in [0.717, 1.165) is 11.3 Å². The maximum atomic E-state index is 13.5. The van der Waals surface area contributed by atoms with Crippen molar-refractivity contribution in [2.45, 2.75) is 23.7 Å². The standard InChI is InChI=1S/C25H22N4O5S2/c1-16-22(36(26,32)33)35-24(28-16)29-23(31)25(2,34-21(30)18-8-4-3-5-9-18)19-13-11-17(12-14-19)20-10-6-7-15-27-20/h3-15H,1-2H3,(H2,26,32,33)(H,28,29,31). The zero-order valence-electron chi connectivity index (χ0n) is 19.3. The van der Waals surface area contributed by atoms with Gasteiger partial charge in [0.05, 0.1) is 17.0 Å². The van der Waals surface area contributed by atoms with E-state index in [2.05, 4.69) is 15.3 Å². The van der Waals surface area contributed by atoms with E-state index in [1.54, 1.807) is 60.8 Å². The van der Waals surface area contributed by atoms with E-state index in [9.17, 15) is 18.0 Å². The highest BCUT2D eigenvalue weighted by atomic mass is 32.2. The molecule has 4 rings (SSSR count). The number of anilines is 1. The number of hydrogen-bond acceptors (Lipinski definition) is 8. The van der Waals surface area contributed by atoms with Crippen molar-refractivity contribution in [1.29, 1.82) is 0 Å². The van der Waals surface area contributed by atoms with Gasteiger partial charge in [-0.2, -0.15) is 0 Å². The molecule has 0 spiro atoms. The summed E-state index contributed by atoms with van der Waals surface area (Å²) >= 11 is 0.716. The molecular formula is C25H22N4O5S2. The molecule has 0 fully saturated rings. The molecule has 9 nitrogen and oxygen atoms in total. The van der Waals surface area contributed by atoms with E-state index in [1.165, 1.54) is 13.8 Å². The lowest BCUT2D eigenvalue weighted by atomic mass is 9.93. The molecule has 1 amide bonds. The number of nitrogens with one attached hydrogen (secondary N) is 1. The van der Waals surface area contributed by atoms with Crippen LogP contribution in [0.5, 0.6) is 0 Å². The largest absolute Gasteiger partial charge is 0.441 e. The molecule has 2 heterocycles. The summed E-state index contributed by atoms with van der Waals surface area (Å²) in [6, 6.07) is 20.7. The zero-order valence-corrected chi connectivity index (χ0v) is 21.0. The summed E-state index contributed by atoms with van der Waals surface area (Å²) in [4.78, 5) is 34.9. The van der Waals surface area contributed by atoms with Crippen LogP contribution in [0.15, 0.2) is 83.2 Å². The van der Waals surface area contributed by atoms with Gasteiger partial charge in [-0.3, -0.25) is 15.1 Å². The average Bonchev–Trinajstić information content (AvgIpc) is 3.25. The maximum absolute atomic E-state index is 13.5. The monoisotopic (exact) mass is 522 g/mol. The highest BCUT2D eigenvalue weighted by molar-refractivity contribution is 7.91. The lowest BCUT2D eigenvalue weighted by molar-refractivity contribution is -0.134. The van der Waals surface area contributed by atoms with Gasteiger partial charge in [0.15, 0.2) is 9.34 Å². The molecule has 2 aromatic heterocycles. The van der Waals surface area contributed by atoms with Gasteiger partial charge in [0.25, 0.3) is 5.91 Å². The highest BCUT2D eigenvalue weighted by Crippen LogP contribution is 2.32. The molecule has 1 unspecified atom stereocenters. The molecule has 0 aliphatic heterocycles. The van der Waals surface area contributed by atoms with Gasteiger partial charge in [-0.15, -0.1) is 0 Å².